The molecule has 0 spiro atoms. The number of benzene rings is 2. The summed E-state index contributed by atoms with van der Waals surface area (Å²) in [4.78, 5) is 11.8. The van der Waals surface area contributed by atoms with Gasteiger partial charge in [0.1, 0.15) is 5.52 Å². The largest absolute Gasteiger partial charge is 0.382 e. The molecule has 2 aromatic heterocycles. The van der Waals surface area contributed by atoms with Gasteiger partial charge in [0.05, 0.1) is 5.52 Å². The molecule has 5 rings (SSSR count). The topological polar surface area (TPSA) is 55.0 Å². The van der Waals surface area contributed by atoms with Crippen molar-refractivity contribution in [1.29, 1.82) is 0 Å². The molecule has 4 nitrogen and oxygen atoms in total. The highest BCUT2D eigenvalue weighted by atomic mass is 15.2. The lowest BCUT2D eigenvalue weighted by Gasteiger charge is -2.24. The third-order valence-corrected chi connectivity index (χ3v) is 6.72. The van der Waals surface area contributed by atoms with E-state index in [0.29, 0.717) is 11.9 Å². The Morgan fingerprint density at radius 2 is 1.68 bits per heavy atom. The molecule has 158 valence electrons. The summed E-state index contributed by atoms with van der Waals surface area (Å²) in [5.74, 6) is 0.502. The minimum Gasteiger partial charge on any atom is -0.382 e. The lowest BCUT2D eigenvalue weighted by Crippen LogP contribution is -2.23. The van der Waals surface area contributed by atoms with Crippen LogP contribution in [0.5, 0.6) is 0 Å². The van der Waals surface area contributed by atoms with Crippen LogP contribution in [0.25, 0.3) is 21.8 Å². The Morgan fingerprint density at radius 1 is 0.935 bits per heavy atom. The molecule has 1 atom stereocenters. The zero-order valence-electron chi connectivity index (χ0n) is 18.4. The van der Waals surface area contributed by atoms with Gasteiger partial charge in [-0.1, -0.05) is 36.4 Å². The molecule has 0 amide bonds. The van der Waals surface area contributed by atoms with Gasteiger partial charge in [0.25, 0.3) is 0 Å². The Balaban J connectivity index is 1.35. The molecule has 1 aliphatic rings. The molecule has 4 heteroatoms. The average molecular weight is 411 g/mol. The number of nitrogen functional groups attached to an aromatic ring is 1. The van der Waals surface area contributed by atoms with Gasteiger partial charge in [-0.2, -0.15) is 0 Å². The van der Waals surface area contributed by atoms with E-state index in [2.05, 4.69) is 77.2 Å². The molecule has 2 N–H and O–H groups in total. The molecule has 1 saturated heterocycles. The molecule has 0 aliphatic carbocycles. The third kappa shape index (κ3) is 4.00. The first-order valence-electron chi connectivity index (χ1n) is 11.4. The molecule has 1 fully saturated rings. The Morgan fingerprint density at radius 3 is 2.45 bits per heavy atom. The maximum atomic E-state index is 6.19. The zero-order chi connectivity index (χ0) is 21.4. The average Bonchev–Trinajstić information content (AvgIpc) is 3.32. The third-order valence-electron chi connectivity index (χ3n) is 6.72. The molecule has 31 heavy (non-hydrogen) atoms. The Labute approximate surface area is 184 Å². The van der Waals surface area contributed by atoms with E-state index < -0.39 is 0 Å². The predicted octanol–water partition coefficient (Wildman–Crippen LogP) is 5.62. The van der Waals surface area contributed by atoms with E-state index in [0.717, 1.165) is 34.6 Å². The van der Waals surface area contributed by atoms with Crippen molar-refractivity contribution >= 4 is 27.6 Å². The first kappa shape index (κ1) is 20.0. The van der Waals surface area contributed by atoms with Crippen molar-refractivity contribution in [2.24, 2.45) is 0 Å². The SMILES string of the molecule is Cc1ccc2c(c1)nc(N)c1ncc(CCc3ccc(C(C)N4CCCC4)cc3)cc12. The summed E-state index contributed by atoms with van der Waals surface area (Å²) in [6.45, 7) is 6.86. The number of hydrogen-bond acceptors (Lipinski definition) is 4. The van der Waals surface area contributed by atoms with Crippen LogP contribution in [-0.4, -0.2) is 28.0 Å². The summed E-state index contributed by atoms with van der Waals surface area (Å²) in [6, 6.07) is 18.3. The van der Waals surface area contributed by atoms with Gasteiger partial charge >= 0.3 is 0 Å². The highest BCUT2D eigenvalue weighted by Crippen LogP contribution is 2.28. The first-order valence-corrected chi connectivity index (χ1v) is 11.4. The molecule has 0 bridgehead atoms. The van der Waals surface area contributed by atoms with Crippen LogP contribution >= 0.6 is 0 Å². The fraction of sp³-hybridized carbons (Fsp3) is 0.333. The Kier molecular flexibility index (Phi) is 5.33. The lowest BCUT2D eigenvalue weighted by molar-refractivity contribution is 0.263. The molecule has 4 aromatic rings. The molecular formula is C27H30N4. The van der Waals surface area contributed by atoms with E-state index in [-0.39, 0.29) is 0 Å². The van der Waals surface area contributed by atoms with Gasteiger partial charge in [-0.05, 0) is 87.0 Å². The van der Waals surface area contributed by atoms with Crippen LogP contribution in [0.4, 0.5) is 5.82 Å². The van der Waals surface area contributed by atoms with Crippen LogP contribution in [0, 0.1) is 6.92 Å². The van der Waals surface area contributed by atoms with Crippen molar-refractivity contribution in [3.8, 4) is 0 Å². The standard InChI is InChI=1S/C27H30N4/c1-18-5-12-23-24-16-21(17-29-26(24)27(28)30-25(23)15-18)7-6-20-8-10-22(11-9-20)19(2)31-13-3-4-14-31/h5,8-12,15-17,19H,3-4,6-7,13-14H2,1-2H3,(H2,28,30). The summed E-state index contributed by atoms with van der Waals surface area (Å²) in [5.41, 5.74) is 13.1. The van der Waals surface area contributed by atoms with Crippen LogP contribution in [0.15, 0.2) is 54.7 Å². The monoisotopic (exact) mass is 410 g/mol. The second kappa shape index (κ2) is 8.27. The number of aryl methyl sites for hydroxylation is 3. The van der Waals surface area contributed by atoms with Crippen molar-refractivity contribution in [2.75, 3.05) is 18.8 Å². The Bertz CT molecular complexity index is 1220. The van der Waals surface area contributed by atoms with Crippen molar-refractivity contribution in [2.45, 2.75) is 45.6 Å². The highest BCUT2D eigenvalue weighted by Gasteiger charge is 2.19. The fourth-order valence-electron chi connectivity index (χ4n) is 4.79. The van der Waals surface area contributed by atoms with Crippen molar-refractivity contribution in [1.82, 2.24) is 14.9 Å². The molecule has 3 heterocycles. The highest BCUT2D eigenvalue weighted by molar-refractivity contribution is 6.08. The van der Waals surface area contributed by atoms with Crippen LogP contribution in [0.2, 0.25) is 0 Å². The van der Waals surface area contributed by atoms with E-state index >= 15 is 0 Å². The van der Waals surface area contributed by atoms with Crippen LogP contribution in [-0.2, 0) is 12.8 Å². The number of hydrogen-bond donors (Lipinski definition) is 1. The Hall–Kier alpha value is -2.98. The molecule has 1 aliphatic heterocycles. The first-order chi connectivity index (χ1) is 15.1. The normalized spacial score (nSPS) is 15.7. The van der Waals surface area contributed by atoms with Crippen LogP contribution in [0.3, 0.4) is 0 Å². The number of fused-ring (bicyclic) bond motifs is 3. The quantitative estimate of drug-likeness (QED) is 0.434. The van der Waals surface area contributed by atoms with E-state index in [1.165, 1.54) is 48.2 Å². The summed E-state index contributed by atoms with van der Waals surface area (Å²) in [6.07, 6.45) is 6.57. The van der Waals surface area contributed by atoms with E-state index in [1.807, 2.05) is 6.20 Å². The van der Waals surface area contributed by atoms with Gasteiger partial charge < -0.3 is 5.73 Å². The maximum absolute atomic E-state index is 6.19. The van der Waals surface area contributed by atoms with E-state index in [9.17, 15) is 0 Å². The van der Waals surface area contributed by atoms with Crippen molar-refractivity contribution < 1.29 is 0 Å². The maximum Gasteiger partial charge on any atom is 0.150 e. The molecule has 0 radical (unpaired) electrons. The molecule has 0 saturated carbocycles. The van der Waals surface area contributed by atoms with E-state index in [1.54, 1.807) is 0 Å². The predicted molar refractivity (Wildman–Crippen MR) is 129 cm³/mol. The van der Waals surface area contributed by atoms with Gasteiger partial charge in [0.15, 0.2) is 5.82 Å². The number of aromatic nitrogens is 2. The molecular weight excluding hydrogens is 380 g/mol. The minimum atomic E-state index is 0.502. The summed E-state index contributed by atoms with van der Waals surface area (Å²) in [5, 5.41) is 2.21. The smallest absolute Gasteiger partial charge is 0.150 e. The number of nitrogens with zero attached hydrogens (tertiary/aromatic N) is 3. The van der Waals surface area contributed by atoms with Crippen molar-refractivity contribution in [3.05, 3.63) is 77.0 Å². The van der Waals surface area contributed by atoms with Gasteiger partial charge in [-0.15, -0.1) is 0 Å². The van der Waals surface area contributed by atoms with Crippen molar-refractivity contribution in [3.63, 3.8) is 0 Å². The zero-order valence-corrected chi connectivity index (χ0v) is 18.4. The molecule has 2 aromatic carbocycles. The number of rotatable bonds is 5. The minimum absolute atomic E-state index is 0.502. The lowest BCUT2D eigenvalue weighted by atomic mass is 10.00. The van der Waals surface area contributed by atoms with Gasteiger partial charge in [0, 0.05) is 23.0 Å². The summed E-state index contributed by atoms with van der Waals surface area (Å²) >= 11 is 0. The number of nitrogens with two attached hydrogens (primary N) is 1. The van der Waals surface area contributed by atoms with Gasteiger partial charge in [-0.3, -0.25) is 9.88 Å². The fourth-order valence-corrected chi connectivity index (χ4v) is 4.79. The second-order valence-electron chi connectivity index (χ2n) is 8.92. The molecule has 1 unspecified atom stereocenters. The number of anilines is 1. The summed E-state index contributed by atoms with van der Waals surface area (Å²) < 4.78 is 0. The van der Waals surface area contributed by atoms with Crippen LogP contribution < -0.4 is 5.73 Å². The van der Waals surface area contributed by atoms with Gasteiger partial charge in [-0.25, -0.2) is 4.98 Å². The second-order valence-corrected chi connectivity index (χ2v) is 8.92. The van der Waals surface area contributed by atoms with E-state index in [4.69, 9.17) is 5.73 Å². The number of pyridine rings is 2. The van der Waals surface area contributed by atoms with Gasteiger partial charge in [0.2, 0.25) is 0 Å². The number of likely N-dealkylation sites (tertiary alicyclic amines) is 1. The summed E-state index contributed by atoms with van der Waals surface area (Å²) in [7, 11) is 0. The van der Waals surface area contributed by atoms with Crippen LogP contribution in [0.1, 0.15) is 48.1 Å².